The van der Waals surface area contributed by atoms with Crippen LogP contribution in [0.3, 0.4) is 0 Å². The summed E-state index contributed by atoms with van der Waals surface area (Å²) in [6.07, 6.45) is 0.254. The van der Waals surface area contributed by atoms with Crippen LogP contribution in [0.5, 0.6) is 0 Å². The minimum atomic E-state index is -4.14. The summed E-state index contributed by atoms with van der Waals surface area (Å²) in [6.45, 7) is -0.435. The quantitative estimate of drug-likeness (QED) is 0.533. The lowest BCUT2D eigenvalue weighted by molar-refractivity contribution is -0.387. The van der Waals surface area contributed by atoms with E-state index < -0.39 is 38.2 Å². The number of aliphatic hydroxyl groups is 1. The number of nitrogens with one attached hydrogen (secondary N) is 1. The van der Waals surface area contributed by atoms with Crippen molar-refractivity contribution in [1.82, 2.24) is 4.72 Å². The van der Waals surface area contributed by atoms with E-state index >= 15 is 0 Å². The number of halogens is 1. The third-order valence-corrected chi connectivity index (χ3v) is 5.39. The van der Waals surface area contributed by atoms with Crippen LogP contribution in [0.4, 0.5) is 5.69 Å². The SMILES string of the molecule is O=[N+]([O-])c1ccccc1S(=O)(=O)N[C@@H](CO)Cc1ccc(Br)cc1. The van der Waals surface area contributed by atoms with Gasteiger partial charge >= 0.3 is 0 Å². The van der Waals surface area contributed by atoms with Crippen molar-refractivity contribution in [3.63, 3.8) is 0 Å². The topological polar surface area (TPSA) is 110 Å². The van der Waals surface area contributed by atoms with Crippen LogP contribution >= 0.6 is 15.9 Å². The standard InChI is InChI=1S/C15H15BrN2O5S/c16-12-7-5-11(6-8-12)9-13(10-19)17-24(22,23)15-4-2-1-3-14(15)18(20)21/h1-8,13,17,19H,9-10H2/t13-/m1/s1. The Labute approximate surface area is 147 Å². The second-order valence-electron chi connectivity index (χ2n) is 5.06. The van der Waals surface area contributed by atoms with Crippen molar-refractivity contribution < 1.29 is 18.4 Å². The summed E-state index contributed by atoms with van der Waals surface area (Å²) in [7, 11) is -4.14. The number of para-hydroxylation sites is 1. The van der Waals surface area contributed by atoms with Crippen molar-refractivity contribution >= 4 is 31.6 Å². The number of sulfonamides is 1. The Morgan fingerprint density at radius 1 is 1.17 bits per heavy atom. The molecule has 0 fully saturated rings. The summed E-state index contributed by atoms with van der Waals surface area (Å²) in [4.78, 5) is 9.83. The molecule has 0 saturated heterocycles. The molecule has 2 rings (SSSR count). The third kappa shape index (κ3) is 4.60. The number of benzene rings is 2. The molecule has 1 atom stereocenters. The summed E-state index contributed by atoms with van der Waals surface area (Å²) >= 11 is 3.30. The molecule has 0 aliphatic rings. The van der Waals surface area contributed by atoms with Gasteiger partial charge in [-0.1, -0.05) is 40.2 Å². The van der Waals surface area contributed by atoms with Crippen LogP contribution in [0.15, 0.2) is 57.9 Å². The van der Waals surface area contributed by atoms with Gasteiger partial charge in [0.05, 0.1) is 11.5 Å². The second kappa shape index (κ2) is 7.84. The van der Waals surface area contributed by atoms with Crippen LogP contribution in [0.2, 0.25) is 0 Å². The van der Waals surface area contributed by atoms with Crippen molar-refractivity contribution in [2.75, 3.05) is 6.61 Å². The Kier molecular flexibility index (Phi) is 6.05. The monoisotopic (exact) mass is 414 g/mol. The highest BCUT2D eigenvalue weighted by atomic mass is 79.9. The van der Waals surface area contributed by atoms with E-state index in [2.05, 4.69) is 20.7 Å². The summed E-state index contributed by atoms with van der Waals surface area (Å²) in [5.74, 6) is 0. The molecule has 2 aromatic rings. The summed E-state index contributed by atoms with van der Waals surface area (Å²) in [5.41, 5.74) is 0.313. The Hall–Kier alpha value is -1.81. The fraction of sp³-hybridized carbons (Fsp3) is 0.200. The number of aliphatic hydroxyl groups excluding tert-OH is 1. The van der Waals surface area contributed by atoms with Crippen molar-refractivity contribution in [2.45, 2.75) is 17.4 Å². The molecule has 128 valence electrons. The zero-order valence-electron chi connectivity index (χ0n) is 12.4. The molecule has 0 radical (unpaired) electrons. The van der Waals surface area contributed by atoms with Gasteiger partial charge in [-0.3, -0.25) is 10.1 Å². The Morgan fingerprint density at radius 2 is 1.79 bits per heavy atom. The van der Waals surface area contributed by atoms with Crippen LogP contribution in [-0.2, 0) is 16.4 Å². The molecular formula is C15H15BrN2O5S. The molecule has 0 saturated carbocycles. The lowest BCUT2D eigenvalue weighted by Gasteiger charge is -2.16. The first-order valence-electron chi connectivity index (χ1n) is 6.94. The van der Waals surface area contributed by atoms with Gasteiger partial charge in [0.2, 0.25) is 10.0 Å². The number of nitro benzene ring substituents is 1. The van der Waals surface area contributed by atoms with Gasteiger partial charge in [-0.05, 0) is 30.2 Å². The molecule has 0 aromatic heterocycles. The Morgan fingerprint density at radius 3 is 2.38 bits per heavy atom. The molecule has 9 heteroatoms. The molecule has 0 unspecified atom stereocenters. The number of hydrogen-bond acceptors (Lipinski definition) is 5. The van der Waals surface area contributed by atoms with Gasteiger partial charge in [0.25, 0.3) is 5.69 Å². The average Bonchev–Trinajstić information content (AvgIpc) is 2.56. The highest BCUT2D eigenvalue weighted by Gasteiger charge is 2.27. The molecule has 24 heavy (non-hydrogen) atoms. The van der Waals surface area contributed by atoms with Gasteiger partial charge in [0, 0.05) is 16.6 Å². The van der Waals surface area contributed by atoms with E-state index in [1.54, 1.807) is 24.3 Å². The fourth-order valence-corrected chi connectivity index (χ4v) is 3.83. The first-order chi connectivity index (χ1) is 11.3. The van der Waals surface area contributed by atoms with Gasteiger partial charge in [-0.2, -0.15) is 0 Å². The largest absolute Gasteiger partial charge is 0.395 e. The zero-order valence-corrected chi connectivity index (χ0v) is 14.8. The van der Waals surface area contributed by atoms with Gasteiger partial charge < -0.3 is 5.11 Å². The molecule has 0 aliphatic carbocycles. The first-order valence-corrected chi connectivity index (χ1v) is 9.22. The Balaban J connectivity index is 2.23. The summed E-state index contributed by atoms with van der Waals surface area (Å²) < 4.78 is 28.1. The maximum absolute atomic E-state index is 12.4. The van der Waals surface area contributed by atoms with Gasteiger partial charge in [0.1, 0.15) is 0 Å². The average molecular weight is 415 g/mol. The Bertz CT molecular complexity index is 824. The maximum Gasteiger partial charge on any atom is 0.289 e. The summed E-state index contributed by atoms with van der Waals surface area (Å²) in [6, 6.07) is 11.5. The van der Waals surface area contributed by atoms with Gasteiger partial charge in [-0.25, -0.2) is 13.1 Å². The van der Waals surface area contributed by atoms with E-state index in [0.29, 0.717) is 0 Å². The third-order valence-electron chi connectivity index (χ3n) is 3.29. The maximum atomic E-state index is 12.4. The minimum Gasteiger partial charge on any atom is -0.395 e. The molecule has 0 amide bonds. The van der Waals surface area contributed by atoms with E-state index in [9.17, 15) is 23.6 Å². The van der Waals surface area contributed by atoms with Crippen molar-refractivity contribution in [2.24, 2.45) is 0 Å². The summed E-state index contributed by atoms with van der Waals surface area (Å²) in [5, 5.41) is 20.5. The molecular weight excluding hydrogens is 400 g/mol. The fourth-order valence-electron chi connectivity index (χ4n) is 2.17. The first kappa shape index (κ1) is 18.5. The van der Waals surface area contributed by atoms with Crippen LogP contribution in [-0.4, -0.2) is 31.1 Å². The lowest BCUT2D eigenvalue weighted by Crippen LogP contribution is -2.39. The van der Waals surface area contributed by atoms with Gasteiger partial charge in [0.15, 0.2) is 4.90 Å². The van der Waals surface area contributed by atoms with Crippen molar-refractivity contribution in [3.8, 4) is 0 Å². The zero-order chi connectivity index (χ0) is 17.7. The van der Waals surface area contributed by atoms with E-state index in [0.717, 1.165) is 22.2 Å². The second-order valence-corrected chi connectivity index (χ2v) is 7.65. The van der Waals surface area contributed by atoms with Crippen LogP contribution in [0.25, 0.3) is 0 Å². The van der Waals surface area contributed by atoms with E-state index in [-0.39, 0.29) is 6.42 Å². The number of rotatable bonds is 7. The van der Waals surface area contributed by atoms with Crippen molar-refractivity contribution in [1.29, 1.82) is 0 Å². The normalized spacial score (nSPS) is 12.8. The number of nitro groups is 1. The molecule has 2 aromatic carbocycles. The van der Waals surface area contributed by atoms with E-state index in [4.69, 9.17) is 0 Å². The van der Waals surface area contributed by atoms with E-state index in [1.807, 2.05) is 0 Å². The predicted molar refractivity (Wildman–Crippen MR) is 92.1 cm³/mol. The number of nitrogens with zero attached hydrogens (tertiary/aromatic N) is 1. The van der Waals surface area contributed by atoms with Gasteiger partial charge in [-0.15, -0.1) is 0 Å². The van der Waals surface area contributed by atoms with Crippen molar-refractivity contribution in [3.05, 3.63) is 68.7 Å². The molecule has 7 nitrogen and oxygen atoms in total. The predicted octanol–water partition coefficient (Wildman–Crippen LogP) is 2.24. The lowest BCUT2D eigenvalue weighted by atomic mass is 10.1. The molecule has 0 heterocycles. The minimum absolute atomic E-state index is 0.254. The molecule has 0 bridgehead atoms. The highest BCUT2D eigenvalue weighted by Crippen LogP contribution is 2.23. The van der Waals surface area contributed by atoms with Crippen LogP contribution in [0, 0.1) is 10.1 Å². The van der Waals surface area contributed by atoms with Crippen LogP contribution in [0.1, 0.15) is 5.56 Å². The molecule has 2 N–H and O–H groups in total. The smallest absolute Gasteiger partial charge is 0.289 e. The van der Waals surface area contributed by atoms with Crippen LogP contribution < -0.4 is 4.72 Å². The number of hydrogen-bond donors (Lipinski definition) is 2. The molecule has 0 spiro atoms. The molecule has 0 aliphatic heterocycles. The van der Waals surface area contributed by atoms with E-state index in [1.165, 1.54) is 12.1 Å². The highest BCUT2D eigenvalue weighted by molar-refractivity contribution is 9.10.